The maximum absolute atomic E-state index is 13.2. The first-order chi connectivity index (χ1) is 15.5. The van der Waals surface area contributed by atoms with Gasteiger partial charge in [-0.2, -0.15) is 0 Å². The third-order valence-corrected chi connectivity index (χ3v) is 6.50. The van der Waals surface area contributed by atoms with Gasteiger partial charge < -0.3 is 14.8 Å². The highest BCUT2D eigenvalue weighted by molar-refractivity contribution is 7.17. The minimum absolute atomic E-state index is 0.139. The van der Waals surface area contributed by atoms with Crippen molar-refractivity contribution in [2.75, 3.05) is 12.1 Å². The zero-order valence-corrected chi connectivity index (χ0v) is 18.5. The molecule has 0 spiro atoms. The van der Waals surface area contributed by atoms with Crippen LogP contribution in [0, 0.1) is 13.8 Å². The zero-order chi connectivity index (χ0) is 22.2. The first kappa shape index (κ1) is 20.3. The maximum atomic E-state index is 13.2. The average Bonchev–Trinajstić information content (AvgIpc) is 3.42. The Morgan fingerprint density at radius 3 is 2.81 bits per heavy atom. The van der Waals surface area contributed by atoms with Crippen molar-refractivity contribution < 1.29 is 14.3 Å². The number of carbonyl (C=O) groups excluding carboxylic acids is 1. The minimum Gasteiger partial charge on any atom is -0.454 e. The van der Waals surface area contributed by atoms with Crippen molar-refractivity contribution in [3.8, 4) is 22.6 Å². The number of benzene rings is 2. The van der Waals surface area contributed by atoms with Crippen molar-refractivity contribution in [3.05, 3.63) is 69.6 Å². The lowest BCUT2D eigenvalue weighted by Gasteiger charge is -2.09. The van der Waals surface area contributed by atoms with E-state index in [0.29, 0.717) is 27.4 Å². The molecule has 1 aliphatic rings. The van der Waals surface area contributed by atoms with Gasteiger partial charge in [0.05, 0.1) is 11.7 Å². The molecule has 1 amide bonds. The molecule has 0 fully saturated rings. The summed E-state index contributed by atoms with van der Waals surface area (Å²) in [6.07, 6.45) is 1.66. The van der Waals surface area contributed by atoms with E-state index in [9.17, 15) is 9.59 Å². The molecule has 7 nitrogen and oxygen atoms in total. The Morgan fingerprint density at radius 2 is 1.97 bits per heavy atom. The molecule has 3 heterocycles. The third-order valence-electron chi connectivity index (χ3n) is 5.61. The van der Waals surface area contributed by atoms with Crippen LogP contribution < -0.4 is 20.3 Å². The highest BCUT2D eigenvalue weighted by atomic mass is 32.1. The molecule has 0 aliphatic carbocycles. The molecular formula is C24H21N3O4S. The highest BCUT2D eigenvalue weighted by Crippen LogP contribution is 2.34. The predicted octanol–water partition coefficient (Wildman–Crippen LogP) is 4.50. The largest absolute Gasteiger partial charge is 0.454 e. The van der Waals surface area contributed by atoms with Gasteiger partial charge >= 0.3 is 0 Å². The Kier molecular flexibility index (Phi) is 5.14. The Balaban J connectivity index is 1.35. The van der Waals surface area contributed by atoms with E-state index >= 15 is 0 Å². The van der Waals surface area contributed by atoms with Gasteiger partial charge in [0.1, 0.15) is 4.83 Å². The Bertz CT molecular complexity index is 1410. The number of anilines is 1. The van der Waals surface area contributed by atoms with Crippen LogP contribution >= 0.6 is 11.3 Å². The third kappa shape index (κ3) is 3.73. The van der Waals surface area contributed by atoms with Crippen LogP contribution in [0.2, 0.25) is 0 Å². The van der Waals surface area contributed by atoms with E-state index in [-0.39, 0.29) is 31.2 Å². The molecule has 5 rings (SSSR count). The number of thiophene rings is 1. The van der Waals surface area contributed by atoms with Gasteiger partial charge in [-0.15, -0.1) is 11.3 Å². The second kappa shape index (κ2) is 8.12. The SMILES string of the molecule is Cc1ccc(-c2csc3ncn(CCC(=O)Nc4ccc5c(c4)OCO5)c(=O)c23)cc1C. The summed E-state index contributed by atoms with van der Waals surface area (Å²) in [7, 11) is 0. The number of ether oxygens (including phenoxy) is 2. The second-order valence-corrected chi connectivity index (χ2v) is 8.60. The predicted molar refractivity (Wildman–Crippen MR) is 125 cm³/mol. The van der Waals surface area contributed by atoms with Crippen LogP contribution in [0.4, 0.5) is 5.69 Å². The summed E-state index contributed by atoms with van der Waals surface area (Å²) < 4.78 is 12.1. The number of nitrogens with zero attached hydrogens (tertiary/aromatic N) is 2. The summed E-state index contributed by atoms with van der Waals surface area (Å²) in [6, 6.07) is 11.4. The first-order valence-corrected chi connectivity index (χ1v) is 11.1. The van der Waals surface area contributed by atoms with E-state index in [4.69, 9.17) is 9.47 Å². The number of amides is 1. The van der Waals surface area contributed by atoms with Crippen molar-refractivity contribution in [1.82, 2.24) is 9.55 Å². The molecule has 32 heavy (non-hydrogen) atoms. The normalized spacial score (nSPS) is 12.3. The molecule has 4 aromatic rings. The monoisotopic (exact) mass is 447 g/mol. The van der Waals surface area contributed by atoms with Crippen LogP contribution in [0.15, 0.2) is 52.9 Å². The van der Waals surface area contributed by atoms with Crippen LogP contribution in [-0.4, -0.2) is 22.3 Å². The number of aromatic nitrogens is 2. The van der Waals surface area contributed by atoms with Crippen LogP contribution in [0.3, 0.4) is 0 Å². The van der Waals surface area contributed by atoms with Gasteiger partial charge in [0.15, 0.2) is 11.5 Å². The topological polar surface area (TPSA) is 82.5 Å². The molecular weight excluding hydrogens is 426 g/mol. The molecule has 0 saturated carbocycles. The summed E-state index contributed by atoms with van der Waals surface area (Å²) >= 11 is 1.45. The van der Waals surface area contributed by atoms with Crippen molar-refractivity contribution in [2.45, 2.75) is 26.8 Å². The lowest BCUT2D eigenvalue weighted by molar-refractivity contribution is -0.116. The highest BCUT2D eigenvalue weighted by Gasteiger charge is 2.16. The Morgan fingerprint density at radius 1 is 1.12 bits per heavy atom. The fourth-order valence-electron chi connectivity index (χ4n) is 3.67. The molecule has 1 N–H and O–H groups in total. The van der Waals surface area contributed by atoms with Crippen LogP contribution in [0.5, 0.6) is 11.5 Å². The van der Waals surface area contributed by atoms with Gasteiger partial charge in [-0.05, 0) is 42.7 Å². The molecule has 0 bridgehead atoms. The fourth-order valence-corrected chi connectivity index (χ4v) is 4.57. The molecule has 0 atom stereocenters. The molecule has 0 unspecified atom stereocenters. The summed E-state index contributed by atoms with van der Waals surface area (Å²) in [5.74, 6) is 1.06. The summed E-state index contributed by atoms with van der Waals surface area (Å²) in [6.45, 7) is 4.54. The molecule has 1 aliphatic heterocycles. The van der Waals surface area contributed by atoms with Crippen LogP contribution in [0.1, 0.15) is 17.5 Å². The van der Waals surface area contributed by atoms with E-state index in [0.717, 1.165) is 11.1 Å². The maximum Gasteiger partial charge on any atom is 0.262 e. The van der Waals surface area contributed by atoms with Crippen LogP contribution in [0.25, 0.3) is 21.3 Å². The number of rotatable bonds is 5. The van der Waals surface area contributed by atoms with E-state index in [1.54, 1.807) is 18.2 Å². The van der Waals surface area contributed by atoms with Crippen molar-refractivity contribution in [2.24, 2.45) is 0 Å². The zero-order valence-electron chi connectivity index (χ0n) is 17.7. The second-order valence-electron chi connectivity index (χ2n) is 7.74. The van der Waals surface area contributed by atoms with Crippen LogP contribution in [-0.2, 0) is 11.3 Å². The van der Waals surface area contributed by atoms with Gasteiger partial charge in [-0.25, -0.2) is 4.98 Å². The quantitative estimate of drug-likeness (QED) is 0.487. The summed E-state index contributed by atoms with van der Waals surface area (Å²) in [4.78, 5) is 30.8. The van der Waals surface area contributed by atoms with Crippen molar-refractivity contribution in [1.29, 1.82) is 0 Å². The number of carbonyl (C=O) groups is 1. The van der Waals surface area contributed by atoms with Crippen molar-refractivity contribution in [3.63, 3.8) is 0 Å². The Hall–Kier alpha value is -3.65. The van der Waals surface area contributed by atoms with Gasteiger partial charge in [0, 0.05) is 35.7 Å². The molecule has 0 saturated heterocycles. The molecule has 0 radical (unpaired) electrons. The number of nitrogens with one attached hydrogen (secondary N) is 1. The number of hydrogen-bond acceptors (Lipinski definition) is 6. The molecule has 162 valence electrons. The first-order valence-electron chi connectivity index (χ1n) is 10.2. The van der Waals surface area contributed by atoms with E-state index in [1.807, 2.05) is 11.4 Å². The van der Waals surface area contributed by atoms with Gasteiger partial charge in [0.25, 0.3) is 5.56 Å². The fraction of sp³-hybridized carbons (Fsp3) is 0.208. The lowest BCUT2D eigenvalue weighted by atomic mass is 10.0. The van der Waals surface area contributed by atoms with Gasteiger partial charge in [0.2, 0.25) is 12.7 Å². The molecule has 8 heteroatoms. The van der Waals surface area contributed by atoms with E-state index in [1.165, 1.54) is 33.4 Å². The minimum atomic E-state index is -0.199. The van der Waals surface area contributed by atoms with E-state index < -0.39 is 0 Å². The Labute approximate surface area is 188 Å². The molecule has 2 aromatic heterocycles. The summed E-state index contributed by atoms with van der Waals surface area (Å²) in [5, 5.41) is 5.40. The summed E-state index contributed by atoms with van der Waals surface area (Å²) in [5.41, 5.74) is 4.74. The van der Waals surface area contributed by atoms with Gasteiger partial charge in [-0.1, -0.05) is 18.2 Å². The lowest BCUT2D eigenvalue weighted by Crippen LogP contribution is -2.23. The standard InChI is InChI=1S/C24H21N3O4S/c1-14-3-4-16(9-15(14)2)18-11-32-23-22(18)24(29)27(12-25-23)8-7-21(28)26-17-5-6-19-20(10-17)31-13-30-19/h3-6,9-12H,7-8,13H2,1-2H3,(H,26,28). The number of aryl methyl sites for hydroxylation is 3. The average molecular weight is 448 g/mol. The smallest absolute Gasteiger partial charge is 0.262 e. The molecule has 2 aromatic carbocycles. The van der Waals surface area contributed by atoms with E-state index in [2.05, 4.69) is 36.3 Å². The van der Waals surface area contributed by atoms with Gasteiger partial charge in [-0.3, -0.25) is 14.2 Å². The number of hydrogen-bond donors (Lipinski definition) is 1. The number of fused-ring (bicyclic) bond motifs is 2. The van der Waals surface area contributed by atoms with Crippen molar-refractivity contribution >= 4 is 33.1 Å².